The molecule has 3 heterocycles. The zero-order valence-corrected chi connectivity index (χ0v) is 20.6. The first-order valence-electron chi connectivity index (χ1n) is 12.0. The maximum atomic E-state index is 14.8. The topological polar surface area (TPSA) is 86.8 Å². The Morgan fingerprint density at radius 3 is 2.49 bits per heavy atom. The van der Waals surface area contributed by atoms with Crippen molar-refractivity contribution in [3.05, 3.63) is 64.5 Å². The molecule has 7 nitrogen and oxygen atoms in total. The Morgan fingerprint density at radius 1 is 1.03 bits per heavy atom. The molecule has 0 aliphatic carbocycles. The minimum Gasteiger partial charge on any atom is -0.299 e. The molecule has 1 unspecified atom stereocenters. The van der Waals surface area contributed by atoms with E-state index < -0.39 is 41.4 Å². The van der Waals surface area contributed by atoms with Crippen LogP contribution in [0.4, 0.5) is 13.2 Å². The number of rotatable bonds is 6. The van der Waals surface area contributed by atoms with Gasteiger partial charge in [0, 0.05) is 55.1 Å². The number of nitrogens with zero attached hydrogens (tertiary/aromatic N) is 2. The molecule has 4 amide bonds. The van der Waals surface area contributed by atoms with Gasteiger partial charge in [-0.1, -0.05) is 18.2 Å². The summed E-state index contributed by atoms with van der Waals surface area (Å²) in [5.74, 6) is -5.04. The van der Waals surface area contributed by atoms with E-state index in [2.05, 4.69) is 5.32 Å². The molecule has 0 aromatic heterocycles. The van der Waals surface area contributed by atoms with Crippen molar-refractivity contribution in [3.63, 3.8) is 0 Å². The molecule has 0 bridgehead atoms. The number of alkyl halides is 2. The van der Waals surface area contributed by atoms with Gasteiger partial charge in [-0.15, -0.1) is 11.8 Å². The van der Waals surface area contributed by atoms with Crippen LogP contribution in [0.3, 0.4) is 0 Å². The van der Waals surface area contributed by atoms with Crippen molar-refractivity contribution in [2.75, 3.05) is 13.1 Å². The average molecular weight is 532 g/mol. The van der Waals surface area contributed by atoms with Gasteiger partial charge in [0.05, 0.1) is 11.1 Å². The van der Waals surface area contributed by atoms with Crippen LogP contribution in [0.25, 0.3) is 0 Å². The van der Waals surface area contributed by atoms with E-state index in [-0.39, 0.29) is 56.4 Å². The van der Waals surface area contributed by atoms with E-state index in [9.17, 15) is 32.3 Å². The van der Waals surface area contributed by atoms with E-state index in [1.165, 1.54) is 23.9 Å². The van der Waals surface area contributed by atoms with Crippen molar-refractivity contribution < 1.29 is 32.3 Å². The molecule has 1 N–H and O–H groups in total. The number of hydrogen-bond donors (Lipinski definition) is 1. The first kappa shape index (κ1) is 25.5. The van der Waals surface area contributed by atoms with Gasteiger partial charge in [-0.2, -0.15) is 0 Å². The lowest BCUT2D eigenvalue weighted by molar-refractivity contribution is -0.136. The first-order chi connectivity index (χ1) is 17.6. The Bertz CT molecular complexity index is 1290. The first-order valence-corrected chi connectivity index (χ1v) is 13.0. The normalized spacial score (nSPS) is 21.8. The van der Waals surface area contributed by atoms with Crippen molar-refractivity contribution in [1.82, 2.24) is 15.1 Å². The molecule has 3 aliphatic heterocycles. The predicted octanol–water partition coefficient (Wildman–Crippen LogP) is 3.75. The number of halogens is 3. The summed E-state index contributed by atoms with van der Waals surface area (Å²) in [6.45, 7) is 0.686. The molecule has 2 saturated heterocycles. The summed E-state index contributed by atoms with van der Waals surface area (Å²) in [4.78, 5) is 53.2. The highest BCUT2D eigenvalue weighted by atomic mass is 32.2. The van der Waals surface area contributed by atoms with Crippen LogP contribution in [0.1, 0.15) is 57.5 Å². The van der Waals surface area contributed by atoms with Gasteiger partial charge in [0.1, 0.15) is 11.9 Å². The van der Waals surface area contributed by atoms with Crippen molar-refractivity contribution >= 4 is 35.4 Å². The second-order valence-electron chi connectivity index (χ2n) is 9.47. The van der Waals surface area contributed by atoms with Crippen LogP contribution in [0, 0.1) is 5.82 Å². The number of likely N-dealkylation sites (tertiary alicyclic amines) is 1. The molecular weight excluding hydrogens is 507 g/mol. The quantitative estimate of drug-likeness (QED) is 0.452. The summed E-state index contributed by atoms with van der Waals surface area (Å²) >= 11 is 1.27. The summed E-state index contributed by atoms with van der Waals surface area (Å²) in [5, 5.41) is 2.17. The molecular formula is C26H24F3N3O4S. The number of imide groups is 2. The lowest BCUT2D eigenvalue weighted by Gasteiger charge is -2.31. The molecule has 37 heavy (non-hydrogen) atoms. The van der Waals surface area contributed by atoms with Crippen molar-refractivity contribution in [2.24, 2.45) is 0 Å². The molecule has 3 aliphatic rings. The van der Waals surface area contributed by atoms with Crippen LogP contribution in [0.2, 0.25) is 0 Å². The number of fused-ring (bicyclic) bond motifs is 1. The fraction of sp³-hybridized carbons (Fsp3) is 0.385. The van der Waals surface area contributed by atoms with Crippen LogP contribution in [0.15, 0.2) is 41.3 Å². The number of carbonyl (C=O) groups excluding carboxylic acids is 4. The molecule has 1 atom stereocenters. The van der Waals surface area contributed by atoms with Crippen LogP contribution in [-0.4, -0.2) is 58.5 Å². The number of amides is 4. The monoisotopic (exact) mass is 531 g/mol. The van der Waals surface area contributed by atoms with Gasteiger partial charge < -0.3 is 0 Å². The summed E-state index contributed by atoms with van der Waals surface area (Å²) in [6.07, 6.45) is -0.346. The van der Waals surface area contributed by atoms with Gasteiger partial charge in [-0.05, 0) is 30.2 Å². The van der Waals surface area contributed by atoms with Crippen molar-refractivity contribution in [1.29, 1.82) is 0 Å². The van der Waals surface area contributed by atoms with Gasteiger partial charge >= 0.3 is 0 Å². The third kappa shape index (κ3) is 5.15. The van der Waals surface area contributed by atoms with Gasteiger partial charge in [0.25, 0.3) is 17.7 Å². The van der Waals surface area contributed by atoms with Crippen LogP contribution in [0.5, 0.6) is 0 Å². The van der Waals surface area contributed by atoms with Crippen LogP contribution >= 0.6 is 11.8 Å². The van der Waals surface area contributed by atoms with Crippen molar-refractivity contribution in [2.45, 2.75) is 54.8 Å². The standard InChI is InChI=1S/C26H24F3N3O4S/c27-18-12-15(4-5-16(18)13-31-10-8-26(28,29)9-11-31)14-37-20-3-1-2-17-22(20)25(36)32(24(17)35)19-6-7-21(33)30-23(19)34/h1-5,12,19H,6-11,13-14H2,(H,30,33,34). The fourth-order valence-corrected chi connectivity index (χ4v) is 5.87. The van der Waals surface area contributed by atoms with Crippen molar-refractivity contribution in [3.8, 4) is 0 Å². The molecule has 5 rings (SSSR count). The molecule has 2 aromatic rings. The minimum absolute atomic E-state index is 0.0389. The second-order valence-corrected chi connectivity index (χ2v) is 10.5. The highest BCUT2D eigenvalue weighted by Gasteiger charge is 2.45. The smallest absolute Gasteiger partial charge is 0.263 e. The fourth-order valence-electron chi connectivity index (χ4n) is 4.85. The molecule has 11 heteroatoms. The average Bonchev–Trinajstić information content (AvgIpc) is 3.11. The maximum Gasteiger partial charge on any atom is 0.263 e. The summed E-state index contributed by atoms with van der Waals surface area (Å²) < 4.78 is 41.5. The van der Waals surface area contributed by atoms with Crippen LogP contribution in [-0.2, 0) is 21.9 Å². The minimum atomic E-state index is -2.65. The van der Waals surface area contributed by atoms with Gasteiger partial charge in [-0.3, -0.25) is 34.3 Å². The number of piperidine rings is 2. The van der Waals surface area contributed by atoms with Crippen LogP contribution < -0.4 is 5.32 Å². The summed E-state index contributed by atoms with van der Waals surface area (Å²) in [6, 6.07) is 8.62. The number of thioether (sulfide) groups is 1. The number of carbonyl (C=O) groups is 4. The lowest BCUT2D eigenvalue weighted by atomic mass is 10.0. The van der Waals surface area contributed by atoms with E-state index in [1.807, 2.05) is 4.90 Å². The maximum absolute atomic E-state index is 14.8. The molecule has 2 fully saturated rings. The Labute approximate surface area is 215 Å². The Kier molecular flexibility index (Phi) is 6.84. The van der Waals surface area contributed by atoms with E-state index >= 15 is 0 Å². The molecule has 2 aromatic carbocycles. The molecule has 194 valence electrons. The summed E-state index contributed by atoms with van der Waals surface area (Å²) in [5.41, 5.74) is 1.47. The van der Waals surface area contributed by atoms with E-state index in [0.29, 0.717) is 21.8 Å². The van der Waals surface area contributed by atoms with Gasteiger partial charge in [-0.25, -0.2) is 13.2 Å². The SMILES string of the molecule is O=C1CCC(N2C(=O)c3cccc(SCc4ccc(CN5CCC(F)(F)CC5)c(F)c4)c3C2=O)C(=O)N1. The Hall–Kier alpha value is -3.18. The number of nitrogens with one attached hydrogen (secondary N) is 1. The lowest BCUT2D eigenvalue weighted by Crippen LogP contribution is -2.54. The Morgan fingerprint density at radius 2 is 1.78 bits per heavy atom. The third-order valence-electron chi connectivity index (χ3n) is 6.92. The zero-order valence-electron chi connectivity index (χ0n) is 19.8. The zero-order chi connectivity index (χ0) is 26.3. The highest BCUT2D eigenvalue weighted by Crippen LogP contribution is 2.36. The van der Waals surface area contributed by atoms with Gasteiger partial charge in [0.15, 0.2) is 0 Å². The number of benzene rings is 2. The van der Waals surface area contributed by atoms with E-state index in [1.54, 1.807) is 24.3 Å². The number of hydrogen-bond acceptors (Lipinski definition) is 6. The van der Waals surface area contributed by atoms with E-state index in [4.69, 9.17) is 0 Å². The third-order valence-corrected chi connectivity index (χ3v) is 8.05. The predicted molar refractivity (Wildman–Crippen MR) is 129 cm³/mol. The second kappa shape index (κ2) is 9.94. The largest absolute Gasteiger partial charge is 0.299 e. The highest BCUT2D eigenvalue weighted by molar-refractivity contribution is 7.98. The Balaban J connectivity index is 1.27. The molecule has 0 spiro atoms. The summed E-state index contributed by atoms with van der Waals surface area (Å²) in [7, 11) is 0. The van der Waals surface area contributed by atoms with Gasteiger partial charge in [0.2, 0.25) is 11.8 Å². The van der Waals surface area contributed by atoms with E-state index in [0.717, 1.165) is 4.90 Å². The molecule has 0 saturated carbocycles. The molecule has 0 radical (unpaired) electrons.